The maximum atomic E-state index is 6.56. The van der Waals surface area contributed by atoms with Crippen molar-refractivity contribution in [2.75, 3.05) is 6.73 Å². The lowest BCUT2D eigenvalue weighted by atomic mass is 9.70. The molecule has 0 amide bonds. The van der Waals surface area contributed by atoms with Crippen molar-refractivity contribution in [2.45, 2.75) is 32.6 Å². The first-order valence-electron chi connectivity index (χ1n) is 11.7. The highest BCUT2D eigenvalue weighted by molar-refractivity contribution is 5.84. The molecule has 0 bridgehead atoms. The van der Waals surface area contributed by atoms with Crippen LogP contribution in [0.2, 0.25) is 0 Å². The van der Waals surface area contributed by atoms with E-state index < -0.39 is 0 Å². The third kappa shape index (κ3) is 3.76. The Hall–Kier alpha value is -3.65. The number of nitrogens with zero attached hydrogens (tertiary/aromatic N) is 1. The smallest absolute Gasteiger partial charge is 0.292 e. The average molecular weight is 433 g/mol. The monoisotopic (exact) mass is 432 g/mol. The van der Waals surface area contributed by atoms with E-state index in [2.05, 4.69) is 129 Å². The molecule has 0 fully saturated rings. The number of para-hydroxylation sites is 1. The Bertz CT molecular complexity index is 1270. The summed E-state index contributed by atoms with van der Waals surface area (Å²) in [5, 5.41) is 0. The fourth-order valence-electron chi connectivity index (χ4n) is 5.02. The first-order chi connectivity index (χ1) is 16.1. The average Bonchev–Trinajstić information content (AvgIpc) is 2.88. The molecule has 1 heterocycles. The highest BCUT2D eigenvalue weighted by Crippen LogP contribution is 2.45. The molecule has 0 unspecified atom stereocenters. The number of hydrogen-bond acceptors (Lipinski definition) is 1. The van der Waals surface area contributed by atoms with Crippen molar-refractivity contribution in [1.82, 2.24) is 0 Å². The van der Waals surface area contributed by atoms with E-state index in [0.717, 1.165) is 17.7 Å². The second kappa shape index (κ2) is 8.71. The van der Waals surface area contributed by atoms with Crippen molar-refractivity contribution < 1.29 is 9.31 Å². The van der Waals surface area contributed by atoms with Gasteiger partial charge in [0, 0.05) is 22.6 Å². The number of rotatable bonds is 5. The zero-order chi connectivity index (χ0) is 22.8. The van der Waals surface area contributed by atoms with E-state index in [1.807, 2.05) is 0 Å². The molecule has 33 heavy (non-hydrogen) atoms. The van der Waals surface area contributed by atoms with Gasteiger partial charge >= 0.3 is 0 Å². The van der Waals surface area contributed by atoms with Crippen molar-refractivity contribution >= 4 is 11.9 Å². The minimum Gasteiger partial charge on any atom is -0.435 e. The summed E-state index contributed by atoms with van der Waals surface area (Å²) in [6.45, 7) is 7.19. The topological polar surface area (TPSA) is 12.2 Å². The van der Waals surface area contributed by atoms with E-state index in [1.165, 1.54) is 33.5 Å². The summed E-state index contributed by atoms with van der Waals surface area (Å²) in [7, 11) is 0. The van der Waals surface area contributed by atoms with Crippen LogP contribution >= 0.6 is 0 Å². The maximum absolute atomic E-state index is 6.56. The number of aryl methyl sites for hydroxylation is 2. The van der Waals surface area contributed by atoms with Crippen LogP contribution in [0.25, 0.3) is 0 Å². The number of hydrogen-bond donors (Lipinski definition) is 0. The molecule has 1 aliphatic rings. The van der Waals surface area contributed by atoms with Gasteiger partial charge in [-0.2, -0.15) is 4.58 Å². The van der Waals surface area contributed by atoms with Gasteiger partial charge in [-0.25, -0.2) is 0 Å². The molecule has 0 saturated heterocycles. The fraction of sp³-hybridized carbons (Fsp3) is 0.194. The molecule has 0 radical (unpaired) electrons. The highest BCUT2D eigenvalue weighted by atomic mass is 16.5. The maximum Gasteiger partial charge on any atom is 0.292 e. The molecule has 1 aliphatic heterocycles. The van der Waals surface area contributed by atoms with E-state index in [4.69, 9.17) is 4.74 Å². The second-order valence-corrected chi connectivity index (χ2v) is 8.94. The Kier molecular flexibility index (Phi) is 5.60. The van der Waals surface area contributed by atoms with Crippen LogP contribution in [0.4, 0.5) is 5.69 Å². The van der Waals surface area contributed by atoms with Crippen LogP contribution in [0, 0.1) is 6.92 Å². The van der Waals surface area contributed by atoms with E-state index in [1.54, 1.807) is 0 Å². The lowest BCUT2D eigenvalue weighted by Crippen LogP contribution is -2.29. The molecule has 0 atom stereocenters. The van der Waals surface area contributed by atoms with Gasteiger partial charge in [-0.05, 0) is 43.0 Å². The Morgan fingerprint density at radius 3 is 2.06 bits per heavy atom. The van der Waals surface area contributed by atoms with Gasteiger partial charge in [0.25, 0.3) is 6.73 Å². The van der Waals surface area contributed by atoms with E-state index in [-0.39, 0.29) is 5.41 Å². The molecular formula is C31H30NO+. The summed E-state index contributed by atoms with van der Waals surface area (Å²) < 4.78 is 8.79. The third-order valence-electron chi connectivity index (χ3n) is 6.83. The molecule has 0 aromatic heterocycles. The summed E-state index contributed by atoms with van der Waals surface area (Å²) in [5.74, 6) is 0.973. The van der Waals surface area contributed by atoms with Crippen LogP contribution in [-0.4, -0.2) is 17.5 Å². The van der Waals surface area contributed by atoms with E-state index >= 15 is 0 Å². The van der Waals surface area contributed by atoms with Gasteiger partial charge in [-0.15, -0.1) is 0 Å². The second-order valence-electron chi connectivity index (χ2n) is 8.94. The first-order valence-corrected chi connectivity index (χ1v) is 11.7. The summed E-state index contributed by atoms with van der Waals surface area (Å²) in [6.07, 6.45) is 3.24. The van der Waals surface area contributed by atoms with Crippen molar-refractivity contribution in [2.24, 2.45) is 0 Å². The normalized spacial score (nSPS) is 13.1. The van der Waals surface area contributed by atoms with Crippen molar-refractivity contribution in [3.05, 3.63) is 130 Å². The van der Waals surface area contributed by atoms with Gasteiger partial charge in [-0.3, -0.25) is 0 Å². The van der Waals surface area contributed by atoms with Gasteiger partial charge in [0.15, 0.2) is 6.21 Å². The zero-order valence-corrected chi connectivity index (χ0v) is 19.6. The molecule has 0 aliphatic carbocycles. The highest BCUT2D eigenvalue weighted by Gasteiger charge is 2.36. The van der Waals surface area contributed by atoms with Gasteiger partial charge in [-0.1, -0.05) is 91.9 Å². The fourth-order valence-corrected chi connectivity index (χ4v) is 5.02. The molecule has 0 spiro atoms. The molecule has 5 rings (SSSR count). The molecule has 0 N–H and O–H groups in total. The lowest BCUT2D eigenvalue weighted by Gasteiger charge is -2.34. The van der Waals surface area contributed by atoms with Crippen LogP contribution in [0.3, 0.4) is 0 Å². The quantitative estimate of drug-likeness (QED) is 0.244. The summed E-state index contributed by atoms with van der Waals surface area (Å²) in [4.78, 5) is 0. The predicted octanol–water partition coefficient (Wildman–Crippen LogP) is 7.02. The summed E-state index contributed by atoms with van der Waals surface area (Å²) in [5.41, 5.74) is 8.27. The van der Waals surface area contributed by atoms with Crippen molar-refractivity contribution in [1.29, 1.82) is 0 Å². The van der Waals surface area contributed by atoms with E-state index in [9.17, 15) is 0 Å². The third-order valence-corrected chi connectivity index (χ3v) is 6.83. The van der Waals surface area contributed by atoms with Crippen LogP contribution in [0.1, 0.15) is 47.2 Å². The molecule has 2 nitrogen and oxygen atoms in total. The summed E-state index contributed by atoms with van der Waals surface area (Å²) >= 11 is 0. The molecule has 0 saturated carbocycles. The van der Waals surface area contributed by atoms with Crippen molar-refractivity contribution in [3.63, 3.8) is 0 Å². The van der Waals surface area contributed by atoms with Gasteiger partial charge in [0.2, 0.25) is 5.69 Å². The SMILES string of the molecule is CCc1ccccc1[N+]1=Cc2cc(C)cc(C(C)(c3ccccc3)c3ccccc3)c2OC1. The number of benzene rings is 4. The van der Waals surface area contributed by atoms with E-state index in [0.29, 0.717) is 6.73 Å². The van der Waals surface area contributed by atoms with Crippen LogP contribution in [0.5, 0.6) is 5.75 Å². The number of ether oxygens (including phenoxy) is 1. The standard InChI is InChI=1S/C31H30NO/c1-4-24-13-11-12-18-29(24)32-21-25-19-23(2)20-28(30(25)33-22-32)31(3,26-14-7-5-8-15-26)27-16-9-6-10-17-27/h5-21H,4,22H2,1-3H3/q+1. The molecule has 164 valence electrons. The molecule has 4 aromatic carbocycles. The summed E-state index contributed by atoms with van der Waals surface area (Å²) in [6, 6.07) is 34.6. The predicted molar refractivity (Wildman–Crippen MR) is 136 cm³/mol. The first kappa shape index (κ1) is 21.2. The zero-order valence-electron chi connectivity index (χ0n) is 19.6. The van der Waals surface area contributed by atoms with Gasteiger partial charge in [0.05, 0.1) is 5.56 Å². The number of fused-ring (bicyclic) bond motifs is 1. The largest absolute Gasteiger partial charge is 0.435 e. The Morgan fingerprint density at radius 2 is 1.42 bits per heavy atom. The van der Waals surface area contributed by atoms with Gasteiger partial charge in [0.1, 0.15) is 5.75 Å². The molecular weight excluding hydrogens is 402 g/mol. The van der Waals surface area contributed by atoms with Crippen LogP contribution < -0.4 is 4.74 Å². The molecule has 2 heteroatoms. The Morgan fingerprint density at radius 1 is 0.818 bits per heavy atom. The minimum absolute atomic E-state index is 0.337. The van der Waals surface area contributed by atoms with Crippen LogP contribution in [0.15, 0.2) is 97.1 Å². The van der Waals surface area contributed by atoms with Gasteiger partial charge < -0.3 is 4.74 Å². The van der Waals surface area contributed by atoms with Crippen LogP contribution in [-0.2, 0) is 11.8 Å². The Balaban J connectivity index is 1.72. The van der Waals surface area contributed by atoms with Crippen molar-refractivity contribution in [3.8, 4) is 5.75 Å². The molecule has 4 aromatic rings. The Labute approximate surface area is 196 Å². The lowest BCUT2D eigenvalue weighted by molar-refractivity contribution is -0.476. The minimum atomic E-state index is -0.337.